The Morgan fingerprint density at radius 1 is 0.829 bits per heavy atom. The SMILES string of the molecule is Cc1ccnc(-n2c3ccccc3c3ccc(Oc4cccc(-n5nc(C)cc5C)c4)[c]([Pt])c32)c1. The van der Waals surface area contributed by atoms with Gasteiger partial charge in [0.15, 0.2) is 0 Å². The van der Waals surface area contributed by atoms with E-state index < -0.39 is 0 Å². The average molecular weight is 639 g/mol. The average Bonchev–Trinajstić information content (AvgIpc) is 3.38. The molecule has 0 amide bonds. The number of benzene rings is 3. The Morgan fingerprint density at radius 3 is 2.49 bits per heavy atom. The van der Waals surface area contributed by atoms with Crippen LogP contribution < -0.4 is 8.69 Å². The van der Waals surface area contributed by atoms with Crippen LogP contribution in [0.5, 0.6) is 11.5 Å². The van der Waals surface area contributed by atoms with Gasteiger partial charge in [-0.25, -0.2) is 0 Å². The van der Waals surface area contributed by atoms with Crippen LogP contribution in [0, 0.1) is 20.8 Å². The van der Waals surface area contributed by atoms with Crippen LogP contribution in [0.2, 0.25) is 0 Å². The fourth-order valence-corrected chi connectivity index (χ4v) is 5.50. The number of para-hydroxylation sites is 1. The van der Waals surface area contributed by atoms with Crippen molar-refractivity contribution in [3.05, 3.63) is 102 Å². The van der Waals surface area contributed by atoms with E-state index in [1.807, 2.05) is 48.1 Å². The van der Waals surface area contributed by atoms with Gasteiger partial charge in [-0.3, -0.25) is 0 Å². The molecule has 0 aliphatic heterocycles. The van der Waals surface area contributed by atoms with Crippen molar-refractivity contribution < 1.29 is 24.6 Å². The molecule has 6 aromatic rings. The van der Waals surface area contributed by atoms with Crippen molar-refractivity contribution in [2.45, 2.75) is 20.8 Å². The quantitative estimate of drug-likeness (QED) is 0.229. The zero-order chi connectivity index (χ0) is 24.1. The number of hydrogen-bond acceptors (Lipinski definition) is 3. The Bertz CT molecular complexity index is 1730. The van der Waals surface area contributed by atoms with Gasteiger partial charge in [-0.05, 0) is 0 Å². The molecule has 6 rings (SSSR count). The summed E-state index contributed by atoms with van der Waals surface area (Å²) in [6.45, 7) is 6.15. The molecule has 3 aromatic carbocycles. The van der Waals surface area contributed by atoms with Gasteiger partial charge in [0, 0.05) is 0 Å². The molecule has 0 spiro atoms. The number of aryl methyl sites for hydroxylation is 3. The van der Waals surface area contributed by atoms with Crippen LogP contribution >= 0.6 is 0 Å². The third kappa shape index (κ3) is 3.77. The summed E-state index contributed by atoms with van der Waals surface area (Å²) in [5.41, 5.74) is 6.45. The Balaban J connectivity index is 1.51. The van der Waals surface area contributed by atoms with Crippen LogP contribution in [0.4, 0.5) is 0 Å². The number of fused-ring (bicyclic) bond motifs is 3. The van der Waals surface area contributed by atoms with E-state index in [-0.39, 0.29) is 0 Å². The van der Waals surface area contributed by atoms with Gasteiger partial charge in [0.25, 0.3) is 0 Å². The molecule has 0 bridgehead atoms. The van der Waals surface area contributed by atoms with Gasteiger partial charge in [0.05, 0.1) is 0 Å². The Labute approximate surface area is 214 Å². The fraction of sp³-hybridized carbons (Fsp3) is 0.103. The molecule has 0 saturated heterocycles. The van der Waals surface area contributed by atoms with Gasteiger partial charge >= 0.3 is 215 Å². The molecular formula is C29H23N4OPt. The number of hydrogen-bond donors (Lipinski definition) is 0. The van der Waals surface area contributed by atoms with Crippen LogP contribution in [0.3, 0.4) is 0 Å². The maximum atomic E-state index is 6.45. The number of ether oxygens (including phenoxy) is 1. The van der Waals surface area contributed by atoms with Gasteiger partial charge in [0.2, 0.25) is 0 Å². The number of aromatic nitrogens is 4. The van der Waals surface area contributed by atoms with Gasteiger partial charge < -0.3 is 0 Å². The van der Waals surface area contributed by atoms with Crippen LogP contribution in [0.25, 0.3) is 33.3 Å². The predicted molar refractivity (Wildman–Crippen MR) is 136 cm³/mol. The first-order valence-corrected chi connectivity index (χ1v) is 12.6. The van der Waals surface area contributed by atoms with E-state index >= 15 is 0 Å². The Hall–Kier alpha value is -3.69. The van der Waals surface area contributed by atoms with Crippen LogP contribution in [-0.4, -0.2) is 19.3 Å². The standard InChI is InChI=1S/C29H23N4O.Pt/c1-19-13-14-30-29(15-19)32-27-10-5-4-9-25(27)26-12-11-24(18-28(26)32)34-23-8-6-7-22(17-23)33-21(3)16-20(2)31-33;/h4-17H,1-3H3;. The summed E-state index contributed by atoms with van der Waals surface area (Å²) in [6, 6.07) is 26.9. The second kappa shape index (κ2) is 8.51. The summed E-state index contributed by atoms with van der Waals surface area (Å²) in [5, 5.41) is 6.99. The van der Waals surface area contributed by atoms with E-state index in [4.69, 9.17) is 9.72 Å². The van der Waals surface area contributed by atoms with Crippen molar-refractivity contribution in [2.24, 2.45) is 0 Å². The number of rotatable bonds is 4. The summed E-state index contributed by atoms with van der Waals surface area (Å²) >= 11 is 2.38. The molecular weight excluding hydrogens is 615 g/mol. The molecule has 3 aromatic heterocycles. The monoisotopic (exact) mass is 638 g/mol. The van der Waals surface area contributed by atoms with Crippen molar-refractivity contribution in [2.75, 3.05) is 0 Å². The van der Waals surface area contributed by atoms with Crippen molar-refractivity contribution in [3.63, 3.8) is 0 Å². The predicted octanol–water partition coefficient (Wildman–Crippen LogP) is 6.25. The van der Waals surface area contributed by atoms with E-state index in [0.717, 1.165) is 49.4 Å². The molecule has 0 fully saturated rings. The van der Waals surface area contributed by atoms with Gasteiger partial charge in [0.1, 0.15) is 0 Å². The zero-order valence-electron chi connectivity index (χ0n) is 19.6. The van der Waals surface area contributed by atoms with E-state index in [0.29, 0.717) is 0 Å². The van der Waals surface area contributed by atoms with Crippen molar-refractivity contribution in [1.82, 2.24) is 19.3 Å². The molecule has 0 aliphatic carbocycles. The topological polar surface area (TPSA) is 44.9 Å². The van der Waals surface area contributed by atoms with Gasteiger partial charge in [-0.15, -0.1) is 0 Å². The second-order valence-electron chi connectivity index (χ2n) is 8.73. The molecule has 0 atom stereocenters. The zero-order valence-corrected chi connectivity index (χ0v) is 21.9. The Kier molecular flexibility index (Phi) is 5.30. The van der Waals surface area contributed by atoms with E-state index in [1.54, 1.807) is 0 Å². The number of pyridine rings is 1. The van der Waals surface area contributed by atoms with Crippen LogP contribution in [-0.2, 0) is 19.8 Å². The third-order valence-corrected chi connectivity index (χ3v) is 7.24. The molecule has 3 heterocycles. The molecule has 35 heavy (non-hydrogen) atoms. The van der Waals surface area contributed by atoms with Crippen molar-refractivity contribution in [3.8, 4) is 23.0 Å². The first-order valence-electron chi connectivity index (χ1n) is 11.4. The summed E-state index contributed by atoms with van der Waals surface area (Å²) in [5.74, 6) is 2.48. The molecule has 0 N–H and O–H groups in total. The van der Waals surface area contributed by atoms with Crippen LogP contribution in [0.1, 0.15) is 17.0 Å². The first-order chi connectivity index (χ1) is 17.0. The van der Waals surface area contributed by atoms with E-state index in [9.17, 15) is 0 Å². The minimum atomic E-state index is 0.768. The Morgan fingerprint density at radius 2 is 1.69 bits per heavy atom. The first kappa shape index (κ1) is 21.8. The molecule has 0 aliphatic rings. The van der Waals surface area contributed by atoms with Crippen molar-refractivity contribution in [1.29, 1.82) is 0 Å². The molecule has 5 nitrogen and oxygen atoms in total. The third-order valence-electron chi connectivity index (χ3n) is 6.14. The van der Waals surface area contributed by atoms with Gasteiger partial charge in [-0.2, -0.15) is 0 Å². The summed E-state index contributed by atoms with van der Waals surface area (Å²) in [6.07, 6.45) is 1.86. The maximum absolute atomic E-state index is 6.45. The normalized spacial score (nSPS) is 11.5. The summed E-state index contributed by atoms with van der Waals surface area (Å²) in [4.78, 5) is 4.70. The minimum absolute atomic E-state index is 0.768. The molecule has 0 radical (unpaired) electrons. The van der Waals surface area contributed by atoms with Gasteiger partial charge in [-0.1, -0.05) is 0 Å². The molecule has 175 valence electrons. The fourth-order valence-electron chi connectivity index (χ4n) is 4.63. The second-order valence-corrected chi connectivity index (χ2v) is 9.86. The molecule has 0 saturated carbocycles. The summed E-state index contributed by atoms with van der Waals surface area (Å²) < 4.78 is 11.7. The van der Waals surface area contributed by atoms with E-state index in [1.165, 1.54) is 16.3 Å². The van der Waals surface area contributed by atoms with E-state index in [2.05, 4.69) is 91.9 Å². The van der Waals surface area contributed by atoms with Crippen LogP contribution in [0.15, 0.2) is 85.1 Å². The molecule has 6 heteroatoms. The van der Waals surface area contributed by atoms with Crippen molar-refractivity contribution >= 4 is 25.8 Å². The summed E-state index contributed by atoms with van der Waals surface area (Å²) in [7, 11) is 0. The number of nitrogens with zero attached hydrogens (tertiary/aromatic N) is 4. The molecule has 0 unspecified atom stereocenters.